The highest BCUT2D eigenvalue weighted by Crippen LogP contribution is 2.34. The molecule has 0 bridgehead atoms. The van der Waals surface area contributed by atoms with E-state index in [-0.39, 0.29) is 0 Å². The van der Waals surface area contributed by atoms with Crippen LogP contribution in [0.3, 0.4) is 0 Å². The van der Waals surface area contributed by atoms with E-state index in [1.807, 2.05) is 32.0 Å². The van der Waals surface area contributed by atoms with E-state index in [4.69, 9.17) is 9.15 Å². The number of rotatable bonds is 2. The quantitative estimate of drug-likeness (QED) is 0.896. The summed E-state index contributed by atoms with van der Waals surface area (Å²) in [5.74, 6) is 2.21. The van der Waals surface area contributed by atoms with Crippen molar-refractivity contribution < 1.29 is 14.3 Å². The Bertz CT molecular complexity index is 598. The van der Waals surface area contributed by atoms with E-state index in [0.717, 1.165) is 40.7 Å². The summed E-state index contributed by atoms with van der Waals surface area (Å²) in [5, 5.41) is 10.0. The highest BCUT2D eigenvalue weighted by Gasteiger charge is 2.24. The number of hydrogen-bond donors (Lipinski definition) is 1. The number of phenolic OH excluding ortho intramolecular Hbond substituents is 1. The molecule has 3 nitrogen and oxygen atoms in total. The van der Waals surface area contributed by atoms with Crippen molar-refractivity contribution in [2.75, 3.05) is 0 Å². The SMILES string of the molecule is Cc1ccc(C[C]2Cc3ccc(C)c(O)c3CO2)o1. The lowest BCUT2D eigenvalue weighted by Crippen LogP contribution is -2.17. The first kappa shape index (κ1) is 12.3. The second-order valence-corrected chi connectivity index (χ2v) is 5.06. The normalized spacial score (nSPS) is 15.5. The van der Waals surface area contributed by atoms with Gasteiger partial charge in [-0.05, 0) is 37.1 Å². The standard InChI is InChI=1S/C16H17O3/c1-10-3-5-12-7-14(18-9-15(12)16(10)17)8-13-6-4-11(2)19-13/h3-6,17H,7-9H2,1-2H3. The van der Waals surface area contributed by atoms with Crippen molar-refractivity contribution in [1.29, 1.82) is 0 Å². The monoisotopic (exact) mass is 257 g/mol. The van der Waals surface area contributed by atoms with Crippen LogP contribution in [-0.2, 0) is 24.2 Å². The number of fused-ring (bicyclic) bond motifs is 1. The summed E-state index contributed by atoms with van der Waals surface area (Å²) in [6.07, 6.45) is 2.43. The maximum atomic E-state index is 10.0. The van der Waals surface area contributed by atoms with Crippen LogP contribution in [0, 0.1) is 20.0 Å². The van der Waals surface area contributed by atoms with Gasteiger partial charge in [0.25, 0.3) is 0 Å². The van der Waals surface area contributed by atoms with Gasteiger partial charge in [-0.3, -0.25) is 0 Å². The molecule has 1 aromatic heterocycles. The predicted molar refractivity (Wildman–Crippen MR) is 71.7 cm³/mol. The zero-order valence-corrected chi connectivity index (χ0v) is 11.2. The third-order valence-corrected chi connectivity index (χ3v) is 3.56. The Kier molecular flexibility index (Phi) is 3.07. The van der Waals surface area contributed by atoms with Gasteiger partial charge in [0.05, 0.1) is 6.61 Å². The summed E-state index contributed by atoms with van der Waals surface area (Å²) in [4.78, 5) is 0. The Morgan fingerprint density at radius 1 is 1.16 bits per heavy atom. The zero-order valence-electron chi connectivity index (χ0n) is 11.2. The molecule has 0 aliphatic carbocycles. The van der Waals surface area contributed by atoms with Crippen LogP contribution in [0.15, 0.2) is 28.7 Å². The van der Waals surface area contributed by atoms with E-state index in [2.05, 4.69) is 6.07 Å². The van der Waals surface area contributed by atoms with Gasteiger partial charge in [-0.1, -0.05) is 12.1 Å². The van der Waals surface area contributed by atoms with Crippen molar-refractivity contribution in [3.63, 3.8) is 0 Å². The van der Waals surface area contributed by atoms with Gasteiger partial charge in [0.15, 0.2) is 0 Å². The van der Waals surface area contributed by atoms with Gasteiger partial charge < -0.3 is 14.3 Å². The molecule has 0 unspecified atom stereocenters. The molecule has 1 aliphatic heterocycles. The third kappa shape index (κ3) is 2.38. The van der Waals surface area contributed by atoms with Crippen molar-refractivity contribution in [3.8, 4) is 5.75 Å². The highest BCUT2D eigenvalue weighted by molar-refractivity contribution is 5.46. The summed E-state index contributed by atoms with van der Waals surface area (Å²) in [5.41, 5.74) is 2.96. The predicted octanol–water partition coefficient (Wildman–Crippen LogP) is 3.45. The fourth-order valence-electron chi connectivity index (χ4n) is 2.45. The fraction of sp³-hybridized carbons (Fsp3) is 0.312. The molecule has 19 heavy (non-hydrogen) atoms. The minimum Gasteiger partial charge on any atom is -0.507 e. The van der Waals surface area contributed by atoms with E-state index in [0.29, 0.717) is 18.8 Å². The molecule has 1 N–H and O–H groups in total. The molecule has 2 aromatic rings. The molecule has 1 radical (unpaired) electrons. The zero-order chi connectivity index (χ0) is 13.4. The molecular weight excluding hydrogens is 240 g/mol. The Balaban J connectivity index is 1.77. The molecule has 0 fully saturated rings. The first-order valence-electron chi connectivity index (χ1n) is 6.46. The minimum absolute atomic E-state index is 0.366. The summed E-state index contributed by atoms with van der Waals surface area (Å²) in [6.45, 7) is 4.28. The van der Waals surface area contributed by atoms with E-state index in [1.165, 1.54) is 0 Å². The fourth-order valence-corrected chi connectivity index (χ4v) is 2.45. The largest absolute Gasteiger partial charge is 0.507 e. The molecule has 0 amide bonds. The Morgan fingerprint density at radius 3 is 2.74 bits per heavy atom. The van der Waals surface area contributed by atoms with Crippen LogP contribution >= 0.6 is 0 Å². The van der Waals surface area contributed by atoms with E-state index in [9.17, 15) is 5.11 Å². The van der Waals surface area contributed by atoms with Crippen LogP contribution in [0.2, 0.25) is 0 Å². The first-order valence-corrected chi connectivity index (χ1v) is 6.46. The van der Waals surface area contributed by atoms with Crippen molar-refractivity contribution in [3.05, 3.63) is 58.6 Å². The number of phenols is 1. The molecule has 99 valence electrons. The van der Waals surface area contributed by atoms with Gasteiger partial charge in [0.2, 0.25) is 0 Å². The van der Waals surface area contributed by atoms with Crippen molar-refractivity contribution in [2.24, 2.45) is 0 Å². The summed E-state index contributed by atoms with van der Waals surface area (Å²) in [7, 11) is 0. The number of aromatic hydroxyl groups is 1. The number of hydrogen-bond acceptors (Lipinski definition) is 3. The molecule has 0 atom stereocenters. The maximum absolute atomic E-state index is 10.0. The molecule has 0 saturated heterocycles. The summed E-state index contributed by atoms with van der Waals surface area (Å²) < 4.78 is 11.3. The van der Waals surface area contributed by atoms with Gasteiger partial charge in [0.1, 0.15) is 23.4 Å². The van der Waals surface area contributed by atoms with Crippen LogP contribution in [0.1, 0.15) is 28.2 Å². The van der Waals surface area contributed by atoms with Gasteiger partial charge >= 0.3 is 0 Å². The Labute approximate surface area is 112 Å². The topological polar surface area (TPSA) is 42.6 Å². The molecule has 0 spiro atoms. The Morgan fingerprint density at radius 2 is 2.00 bits per heavy atom. The molecule has 1 aromatic carbocycles. The number of benzene rings is 1. The summed E-state index contributed by atoms with van der Waals surface area (Å²) >= 11 is 0. The molecular formula is C16H17O3. The van der Waals surface area contributed by atoms with Gasteiger partial charge in [-0.15, -0.1) is 0 Å². The average Bonchev–Trinajstić information content (AvgIpc) is 2.80. The first-order chi connectivity index (χ1) is 9.13. The van der Waals surface area contributed by atoms with Crippen molar-refractivity contribution in [2.45, 2.75) is 33.3 Å². The van der Waals surface area contributed by atoms with E-state index in [1.54, 1.807) is 0 Å². The molecule has 2 heterocycles. The number of furan rings is 1. The molecule has 0 saturated carbocycles. The lowest BCUT2D eigenvalue weighted by atomic mass is 9.94. The minimum atomic E-state index is 0.366. The third-order valence-electron chi connectivity index (χ3n) is 3.56. The molecule has 3 heteroatoms. The maximum Gasteiger partial charge on any atom is 0.124 e. The average molecular weight is 257 g/mol. The van der Waals surface area contributed by atoms with Gasteiger partial charge in [-0.2, -0.15) is 0 Å². The summed E-state index contributed by atoms with van der Waals surface area (Å²) in [6, 6.07) is 7.96. The molecule has 1 aliphatic rings. The lowest BCUT2D eigenvalue weighted by molar-refractivity contribution is 0.105. The Hall–Kier alpha value is -1.74. The van der Waals surface area contributed by atoms with Gasteiger partial charge in [0, 0.05) is 18.4 Å². The second kappa shape index (κ2) is 4.74. The highest BCUT2D eigenvalue weighted by atomic mass is 16.5. The smallest absolute Gasteiger partial charge is 0.124 e. The van der Waals surface area contributed by atoms with Crippen molar-refractivity contribution in [1.82, 2.24) is 0 Å². The molecule has 3 rings (SSSR count). The van der Waals surface area contributed by atoms with Crippen LogP contribution in [-0.4, -0.2) is 5.11 Å². The van der Waals surface area contributed by atoms with Crippen LogP contribution in [0.25, 0.3) is 0 Å². The van der Waals surface area contributed by atoms with E-state index >= 15 is 0 Å². The number of ether oxygens (including phenoxy) is 1. The number of aryl methyl sites for hydroxylation is 2. The van der Waals surface area contributed by atoms with Crippen LogP contribution in [0.5, 0.6) is 5.75 Å². The van der Waals surface area contributed by atoms with Gasteiger partial charge in [-0.25, -0.2) is 0 Å². The van der Waals surface area contributed by atoms with E-state index < -0.39 is 0 Å². The van der Waals surface area contributed by atoms with Crippen LogP contribution < -0.4 is 0 Å². The van der Waals surface area contributed by atoms with Crippen LogP contribution in [0.4, 0.5) is 0 Å². The lowest BCUT2D eigenvalue weighted by Gasteiger charge is -2.25. The van der Waals surface area contributed by atoms with Crippen molar-refractivity contribution >= 4 is 0 Å². The second-order valence-electron chi connectivity index (χ2n) is 5.06.